The number of hydrogen-bond acceptors (Lipinski definition) is 3. The van der Waals surface area contributed by atoms with E-state index in [-0.39, 0.29) is 0 Å². The second kappa shape index (κ2) is 4.09. The molecule has 0 amide bonds. The molecule has 0 saturated carbocycles. The summed E-state index contributed by atoms with van der Waals surface area (Å²) in [6, 6.07) is 7.06. The van der Waals surface area contributed by atoms with Crippen molar-refractivity contribution in [2.24, 2.45) is 5.73 Å². The summed E-state index contributed by atoms with van der Waals surface area (Å²) in [5.74, 6) is 0.793. The van der Waals surface area contributed by atoms with Crippen LogP contribution in [0.15, 0.2) is 24.3 Å². The van der Waals surface area contributed by atoms with Crippen molar-refractivity contribution in [3.05, 3.63) is 29.8 Å². The van der Waals surface area contributed by atoms with Crippen molar-refractivity contribution in [2.75, 3.05) is 6.61 Å². The van der Waals surface area contributed by atoms with Gasteiger partial charge in [0.15, 0.2) is 0 Å². The fourth-order valence-electron chi connectivity index (χ4n) is 0.928. The van der Waals surface area contributed by atoms with Crippen molar-refractivity contribution in [2.45, 2.75) is 13.2 Å². The first-order chi connectivity index (χ1) is 5.74. The lowest BCUT2D eigenvalue weighted by Crippen LogP contribution is -2.07. The first-order valence-corrected chi connectivity index (χ1v) is 3.90. The maximum atomic E-state index is 8.98. The number of aliphatic hydroxyl groups excluding tert-OH is 1. The van der Waals surface area contributed by atoms with Crippen LogP contribution in [-0.2, 0) is 0 Å². The zero-order chi connectivity index (χ0) is 8.97. The maximum Gasteiger partial charge on any atom is 0.128 e. The molecule has 0 spiro atoms. The van der Waals surface area contributed by atoms with Gasteiger partial charge in [0.2, 0.25) is 0 Å². The molecular weight excluding hydrogens is 154 g/mol. The van der Waals surface area contributed by atoms with Gasteiger partial charge in [-0.15, -0.1) is 0 Å². The van der Waals surface area contributed by atoms with Gasteiger partial charge in [-0.3, -0.25) is 0 Å². The summed E-state index contributed by atoms with van der Waals surface area (Å²) in [4.78, 5) is 0. The first kappa shape index (κ1) is 9.03. The second-order valence-electron chi connectivity index (χ2n) is 2.45. The molecule has 0 aromatic heterocycles. The molecule has 0 unspecified atom stereocenters. The van der Waals surface area contributed by atoms with Crippen LogP contribution in [0.2, 0.25) is 0 Å². The minimum atomic E-state index is -0.902. The largest absolute Gasteiger partial charge is 0.494 e. The minimum absolute atomic E-state index is 0.643. The third-order valence-electron chi connectivity index (χ3n) is 1.53. The Balaban J connectivity index is 2.71. The van der Waals surface area contributed by atoms with E-state index in [0.29, 0.717) is 12.2 Å². The first-order valence-electron chi connectivity index (χ1n) is 3.90. The molecular formula is C9H13NO2. The zero-order valence-electron chi connectivity index (χ0n) is 7.03. The van der Waals surface area contributed by atoms with Crippen molar-refractivity contribution >= 4 is 0 Å². The van der Waals surface area contributed by atoms with Crippen LogP contribution in [0, 0.1) is 0 Å². The minimum Gasteiger partial charge on any atom is -0.494 e. The molecule has 1 atom stereocenters. The van der Waals surface area contributed by atoms with Gasteiger partial charge < -0.3 is 15.6 Å². The molecule has 0 aliphatic rings. The van der Waals surface area contributed by atoms with Crippen LogP contribution in [0.5, 0.6) is 5.75 Å². The molecule has 0 aliphatic carbocycles. The Morgan fingerprint density at radius 3 is 2.42 bits per heavy atom. The average molecular weight is 167 g/mol. The van der Waals surface area contributed by atoms with Gasteiger partial charge in [-0.1, -0.05) is 12.1 Å². The number of rotatable bonds is 3. The molecule has 3 N–H and O–H groups in total. The molecule has 0 bridgehead atoms. The smallest absolute Gasteiger partial charge is 0.128 e. The van der Waals surface area contributed by atoms with Gasteiger partial charge in [0.25, 0.3) is 0 Å². The molecule has 66 valence electrons. The predicted molar refractivity (Wildman–Crippen MR) is 46.8 cm³/mol. The third kappa shape index (κ3) is 2.22. The summed E-state index contributed by atoms with van der Waals surface area (Å²) in [7, 11) is 0. The van der Waals surface area contributed by atoms with Gasteiger partial charge in [-0.2, -0.15) is 0 Å². The Bertz CT molecular complexity index is 231. The quantitative estimate of drug-likeness (QED) is 0.661. The highest BCUT2D eigenvalue weighted by atomic mass is 16.5. The summed E-state index contributed by atoms with van der Waals surface area (Å²) < 4.78 is 5.22. The number of ether oxygens (including phenoxy) is 1. The highest BCUT2D eigenvalue weighted by molar-refractivity contribution is 5.27. The van der Waals surface area contributed by atoms with Crippen LogP contribution < -0.4 is 10.5 Å². The highest BCUT2D eigenvalue weighted by Gasteiger charge is 1.99. The molecule has 12 heavy (non-hydrogen) atoms. The normalized spacial score (nSPS) is 12.6. The maximum absolute atomic E-state index is 8.98. The lowest BCUT2D eigenvalue weighted by molar-refractivity contribution is 0.186. The fraction of sp³-hybridized carbons (Fsp3) is 0.333. The van der Waals surface area contributed by atoms with Gasteiger partial charge >= 0.3 is 0 Å². The van der Waals surface area contributed by atoms with E-state index in [9.17, 15) is 0 Å². The van der Waals surface area contributed by atoms with Crippen LogP contribution in [0.3, 0.4) is 0 Å². The highest BCUT2D eigenvalue weighted by Crippen LogP contribution is 2.14. The summed E-state index contributed by atoms with van der Waals surface area (Å²) in [5, 5.41) is 8.98. The van der Waals surface area contributed by atoms with Crippen LogP contribution in [-0.4, -0.2) is 11.7 Å². The Kier molecular flexibility index (Phi) is 3.08. The molecule has 3 heteroatoms. The van der Waals surface area contributed by atoms with Gasteiger partial charge in [-0.25, -0.2) is 0 Å². The Morgan fingerprint density at radius 2 is 2.00 bits per heavy atom. The van der Waals surface area contributed by atoms with E-state index in [2.05, 4.69) is 0 Å². The van der Waals surface area contributed by atoms with Crippen LogP contribution in [0.4, 0.5) is 0 Å². The van der Waals surface area contributed by atoms with Gasteiger partial charge in [0, 0.05) is 0 Å². The van der Waals surface area contributed by atoms with E-state index >= 15 is 0 Å². The molecule has 1 rings (SSSR count). The van der Waals surface area contributed by atoms with Gasteiger partial charge in [-0.05, 0) is 24.6 Å². The number of nitrogens with two attached hydrogens (primary N) is 1. The van der Waals surface area contributed by atoms with E-state index in [1.807, 2.05) is 6.92 Å². The van der Waals surface area contributed by atoms with Crippen LogP contribution >= 0.6 is 0 Å². The van der Waals surface area contributed by atoms with E-state index in [0.717, 1.165) is 5.75 Å². The second-order valence-corrected chi connectivity index (χ2v) is 2.45. The topological polar surface area (TPSA) is 55.5 Å². The molecule has 0 saturated heterocycles. The van der Waals surface area contributed by atoms with E-state index in [1.54, 1.807) is 24.3 Å². The van der Waals surface area contributed by atoms with Gasteiger partial charge in [0.1, 0.15) is 12.0 Å². The average Bonchev–Trinajstić information content (AvgIpc) is 2.06. The van der Waals surface area contributed by atoms with Crippen LogP contribution in [0.1, 0.15) is 18.7 Å². The molecule has 0 heterocycles. The van der Waals surface area contributed by atoms with Crippen molar-refractivity contribution in [3.8, 4) is 5.75 Å². The molecule has 1 aromatic rings. The van der Waals surface area contributed by atoms with E-state index in [1.165, 1.54) is 0 Å². The van der Waals surface area contributed by atoms with E-state index < -0.39 is 6.23 Å². The van der Waals surface area contributed by atoms with Crippen molar-refractivity contribution in [1.82, 2.24) is 0 Å². The summed E-state index contributed by atoms with van der Waals surface area (Å²) in [6.07, 6.45) is -0.902. The van der Waals surface area contributed by atoms with E-state index in [4.69, 9.17) is 15.6 Å². The third-order valence-corrected chi connectivity index (χ3v) is 1.53. The Hall–Kier alpha value is -1.06. The molecule has 0 fully saturated rings. The molecule has 0 radical (unpaired) electrons. The number of aliphatic hydroxyl groups is 1. The van der Waals surface area contributed by atoms with Crippen LogP contribution in [0.25, 0.3) is 0 Å². The summed E-state index contributed by atoms with van der Waals surface area (Å²) in [5.41, 5.74) is 5.95. The Labute approximate surface area is 71.8 Å². The lowest BCUT2D eigenvalue weighted by atomic mass is 10.2. The summed E-state index contributed by atoms with van der Waals surface area (Å²) in [6.45, 7) is 2.57. The molecule has 0 aliphatic heterocycles. The van der Waals surface area contributed by atoms with Crippen molar-refractivity contribution in [3.63, 3.8) is 0 Å². The fourth-order valence-corrected chi connectivity index (χ4v) is 0.928. The van der Waals surface area contributed by atoms with Gasteiger partial charge in [0.05, 0.1) is 6.61 Å². The van der Waals surface area contributed by atoms with Crippen molar-refractivity contribution < 1.29 is 9.84 Å². The molecule has 3 nitrogen and oxygen atoms in total. The lowest BCUT2D eigenvalue weighted by Gasteiger charge is -2.06. The zero-order valence-corrected chi connectivity index (χ0v) is 7.03. The molecule has 1 aromatic carbocycles. The monoisotopic (exact) mass is 167 g/mol. The SMILES string of the molecule is CCOc1ccc([C@H](N)O)cc1. The predicted octanol–water partition coefficient (Wildman–Crippen LogP) is 1.03. The summed E-state index contributed by atoms with van der Waals surface area (Å²) >= 11 is 0. The Morgan fingerprint density at radius 1 is 1.42 bits per heavy atom. The standard InChI is InChI=1S/C9H13NO2/c1-2-12-8-5-3-7(4-6-8)9(10)11/h3-6,9,11H,2,10H2,1H3/t9-/m1/s1. The number of benzene rings is 1. The number of hydrogen-bond donors (Lipinski definition) is 2. The van der Waals surface area contributed by atoms with Crippen molar-refractivity contribution in [1.29, 1.82) is 0 Å².